The van der Waals surface area contributed by atoms with Gasteiger partial charge in [0.05, 0.1) is 6.61 Å². The molecule has 7 heteroatoms. The fourth-order valence-electron chi connectivity index (χ4n) is 2.80. The van der Waals surface area contributed by atoms with Gasteiger partial charge in [0.15, 0.2) is 5.41 Å². The lowest BCUT2D eigenvalue weighted by atomic mass is 9.91. The Bertz CT molecular complexity index is 513. The summed E-state index contributed by atoms with van der Waals surface area (Å²) in [5.41, 5.74) is -2.93. The Labute approximate surface area is 115 Å². The van der Waals surface area contributed by atoms with Crippen LogP contribution in [0.5, 0.6) is 0 Å². The maximum atomic E-state index is 12.2. The molecule has 3 fully saturated rings. The maximum Gasteiger partial charge on any atom is 0.328 e. The normalized spacial score (nSPS) is 36.3. The van der Waals surface area contributed by atoms with Crippen molar-refractivity contribution in [3.8, 4) is 0 Å². The Hall–Kier alpha value is -1.63. The lowest BCUT2D eigenvalue weighted by molar-refractivity contribution is -0.267. The van der Waals surface area contributed by atoms with Gasteiger partial charge in [0.25, 0.3) is 5.79 Å². The third kappa shape index (κ3) is 1.47. The van der Waals surface area contributed by atoms with E-state index in [4.69, 9.17) is 18.9 Å². The Morgan fingerprint density at radius 3 is 1.80 bits per heavy atom. The Balaban J connectivity index is 1.92. The summed E-state index contributed by atoms with van der Waals surface area (Å²) in [7, 11) is 0. The van der Waals surface area contributed by atoms with Crippen LogP contribution < -0.4 is 0 Å². The Morgan fingerprint density at radius 2 is 1.30 bits per heavy atom. The minimum Gasteiger partial charge on any atom is -0.433 e. The molecule has 2 spiro atoms. The number of ether oxygens (including phenoxy) is 4. The van der Waals surface area contributed by atoms with Crippen molar-refractivity contribution in [2.24, 2.45) is 10.8 Å². The largest absolute Gasteiger partial charge is 0.433 e. The van der Waals surface area contributed by atoms with Crippen LogP contribution in [0.3, 0.4) is 0 Å². The van der Waals surface area contributed by atoms with Crippen LogP contribution in [0.25, 0.3) is 0 Å². The van der Waals surface area contributed by atoms with E-state index < -0.39 is 40.3 Å². The fraction of sp³-hybridized carbons (Fsp3) is 0.769. The van der Waals surface area contributed by atoms with Crippen LogP contribution in [0.1, 0.15) is 34.1 Å². The SMILES string of the molecule is CC1(C)OCC2(CC23C(=O)OC(C)(C)OC3=O)C(=O)O1. The first-order valence-corrected chi connectivity index (χ1v) is 6.39. The first-order chi connectivity index (χ1) is 9.05. The molecule has 1 atom stereocenters. The van der Waals surface area contributed by atoms with Crippen molar-refractivity contribution in [3.05, 3.63) is 0 Å². The van der Waals surface area contributed by atoms with Crippen molar-refractivity contribution in [2.75, 3.05) is 6.61 Å². The highest BCUT2D eigenvalue weighted by atomic mass is 16.8. The summed E-state index contributed by atoms with van der Waals surface area (Å²) in [6, 6.07) is 0. The molecule has 3 rings (SSSR count). The number of esters is 3. The van der Waals surface area contributed by atoms with E-state index in [9.17, 15) is 14.4 Å². The highest BCUT2D eigenvalue weighted by molar-refractivity contribution is 6.12. The minimum absolute atomic E-state index is 0.00264. The topological polar surface area (TPSA) is 88.1 Å². The van der Waals surface area contributed by atoms with Crippen molar-refractivity contribution < 1.29 is 33.3 Å². The summed E-state index contributed by atoms with van der Waals surface area (Å²) in [4.78, 5) is 36.6. The monoisotopic (exact) mass is 284 g/mol. The first kappa shape index (κ1) is 13.4. The lowest BCUT2D eigenvalue weighted by Crippen LogP contribution is -2.54. The predicted octanol–water partition coefficient (Wildman–Crippen LogP) is 0.508. The number of rotatable bonds is 0. The number of carbonyl (C=O) groups is 3. The predicted molar refractivity (Wildman–Crippen MR) is 61.9 cm³/mol. The molecule has 0 aromatic rings. The second-order valence-electron chi connectivity index (χ2n) is 6.42. The molecule has 0 radical (unpaired) electrons. The van der Waals surface area contributed by atoms with E-state index in [0.717, 1.165) is 0 Å². The molecule has 1 unspecified atom stereocenters. The molecule has 0 bridgehead atoms. The molecule has 1 aliphatic carbocycles. The molecule has 7 nitrogen and oxygen atoms in total. The van der Waals surface area contributed by atoms with E-state index in [1.54, 1.807) is 13.8 Å². The van der Waals surface area contributed by atoms with Crippen molar-refractivity contribution >= 4 is 17.9 Å². The smallest absolute Gasteiger partial charge is 0.328 e. The van der Waals surface area contributed by atoms with Crippen molar-refractivity contribution in [2.45, 2.75) is 45.7 Å². The van der Waals surface area contributed by atoms with Gasteiger partial charge in [0.1, 0.15) is 5.41 Å². The van der Waals surface area contributed by atoms with Crippen LogP contribution in [0.2, 0.25) is 0 Å². The van der Waals surface area contributed by atoms with Gasteiger partial charge in [-0.2, -0.15) is 0 Å². The van der Waals surface area contributed by atoms with Crippen LogP contribution in [-0.2, 0) is 33.3 Å². The second kappa shape index (κ2) is 3.33. The molecular weight excluding hydrogens is 268 g/mol. The number of hydrogen-bond donors (Lipinski definition) is 0. The molecule has 2 aliphatic heterocycles. The van der Waals surface area contributed by atoms with Crippen LogP contribution in [-0.4, -0.2) is 36.1 Å². The Morgan fingerprint density at radius 1 is 0.800 bits per heavy atom. The third-order valence-corrected chi connectivity index (χ3v) is 4.03. The molecule has 0 amide bonds. The van der Waals surface area contributed by atoms with E-state index in [2.05, 4.69) is 0 Å². The van der Waals surface area contributed by atoms with E-state index in [1.165, 1.54) is 13.8 Å². The molecule has 0 aromatic carbocycles. The summed E-state index contributed by atoms with van der Waals surface area (Å²) < 4.78 is 20.8. The van der Waals surface area contributed by atoms with Gasteiger partial charge in [-0.25, -0.2) is 0 Å². The van der Waals surface area contributed by atoms with Gasteiger partial charge < -0.3 is 18.9 Å². The van der Waals surface area contributed by atoms with E-state index in [0.29, 0.717) is 0 Å². The Kier molecular flexibility index (Phi) is 2.23. The average Bonchev–Trinajstić information content (AvgIpc) is 2.93. The zero-order valence-electron chi connectivity index (χ0n) is 11.8. The zero-order chi connectivity index (χ0) is 15.0. The highest BCUT2D eigenvalue weighted by Gasteiger charge is 2.86. The van der Waals surface area contributed by atoms with Gasteiger partial charge in [-0.15, -0.1) is 0 Å². The highest BCUT2D eigenvalue weighted by Crippen LogP contribution is 2.69. The molecule has 3 aliphatic rings. The van der Waals surface area contributed by atoms with Crippen molar-refractivity contribution in [1.29, 1.82) is 0 Å². The molecule has 2 saturated heterocycles. The van der Waals surface area contributed by atoms with Gasteiger partial charge in [-0.1, -0.05) is 0 Å². The molecule has 20 heavy (non-hydrogen) atoms. The van der Waals surface area contributed by atoms with Gasteiger partial charge in [-0.05, 0) is 6.42 Å². The van der Waals surface area contributed by atoms with Crippen LogP contribution in [0, 0.1) is 10.8 Å². The number of fused-ring (bicyclic) bond motifs is 1. The van der Waals surface area contributed by atoms with Gasteiger partial charge in [-0.3, -0.25) is 14.4 Å². The standard InChI is InChI=1S/C13H16O7/c1-10(2)17-6-12(7(14)18-10)5-13(12)8(15)19-11(3,4)20-9(13)16/h5-6H2,1-4H3. The lowest BCUT2D eigenvalue weighted by Gasteiger charge is -2.38. The fourth-order valence-corrected chi connectivity index (χ4v) is 2.80. The minimum atomic E-state index is -1.61. The van der Waals surface area contributed by atoms with Crippen molar-refractivity contribution in [3.63, 3.8) is 0 Å². The third-order valence-electron chi connectivity index (χ3n) is 4.03. The molecule has 2 heterocycles. The van der Waals surface area contributed by atoms with Crippen LogP contribution >= 0.6 is 0 Å². The quantitative estimate of drug-likeness (QED) is 0.473. The second-order valence-corrected chi connectivity index (χ2v) is 6.42. The average molecular weight is 284 g/mol. The van der Waals surface area contributed by atoms with E-state index in [-0.39, 0.29) is 13.0 Å². The summed E-state index contributed by atoms with van der Waals surface area (Å²) in [6.07, 6.45) is 0.00264. The molecular formula is C13H16O7. The number of cyclic esters (lactones) is 3. The van der Waals surface area contributed by atoms with Gasteiger partial charge >= 0.3 is 17.9 Å². The molecule has 0 N–H and O–H groups in total. The summed E-state index contributed by atoms with van der Waals surface area (Å²) >= 11 is 0. The van der Waals surface area contributed by atoms with Crippen LogP contribution in [0.15, 0.2) is 0 Å². The summed E-state index contributed by atoms with van der Waals surface area (Å²) in [5.74, 6) is -4.50. The molecule has 110 valence electrons. The first-order valence-electron chi connectivity index (χ1n) is 6.39. The van der Waals surface area contributed by atoms with Gasteiger partial charge in [0.2, 0.25) is 5.79 Å². The summed E-state index contributed by atoms with van der Waals surface area (Å²) in [6.45, 7) is 6.04. The maximum absolute atomic E-state index is 12.2. The zero-order valence-corrected chi connectivity index (χ0v) is 11.8. The molecule has 0 aromatic heterocycles. The number of hydrogen-bond acceptors (Lipinski definition) is 7. The summed E-state index contributed by atoms with van der Waals surface area (Å²) in [5, 5.41) is 0. The van der Waals surface area contributed by atoms with Crippen LogP contribution in [0.4, 0.5) is 0 Å². The van der Waals surface area contributed by atoms with Crippen molar-refractivity contribution in [1.82, 2.24) is 0 Å². The van der Waals surface area contributed by atoms with E-state index >= 15 is 0 Å². The molecule has 1 saturated carbocycles. The van der Waals surface area contributed by atoms with Gasteiger partial charge in [0, 0.05) is 27.7 Å². The number of carbonyl (C=O) groups excluding carboxylic acids is 3. The van der Waals surface area contributed by atoms with E-state index in [1.807, 2.05) is 0 Å².